The first-order valence-electron chi connectivity index (χ1n) is 4.72. The molecule has 0 aromatic heterocycles. The third-order valence-corrected chi connectivity index (χ3v) is 2.19. The van der Waals surface area contributed by atoms with E-state index >= 15 is 0 Å². The predicted octanol–water partition coefficient (Wildman–Crippen LogP) is 1.48. The number of rotatable bonds is 3. The molecule has 0 saturated carbocycles. The van der Waals surface area contributed by atoms with E-state index in [2.05, 4.69) is 5.32 Å². The van der Waals surface area contributed by atoms with E-state index in [1.165, 1.54) is 0 Å². The fourth-order valence-electron chi connectivity index (χ4n) is 1.65. The average Bonchev–Trinajstić information content (AvgIpc) is 2.14. The highest BCUT2D eigenvalue weighted by Crippen LogP contribution is 2.24. The molecule has 0 heterocycles. The Morgan fingerprint density at radius 3 is 2.33 bits per heavy atom. The fourth-order valence-corrected chi connectivity index (χ4v) is 1.65. The highest BCUT2D eigenvalue weighted by molar-refractivity contribution is 5.71. The normalized spacial score (nSPS) is 9.80. The lowest BCUT2D eigenvalue weighted by atomic mass is 10.1. The molecule has 0 aliphatic carbocycles. The van der Waals surface area contributed by atoms with E-state index in [4.69, 9.17) is 10.5 Å². The van der Waals surface area contributed by atoms with Crippen molar-refractivity contribution in [3.63, 3.8) is 0 Å². The quantitative estimate of drug-likeness (QED) is 0.790. The van der Waals surface area contributed by atoms with E-state index in [1.54, 1.807) is 7.11 Å². The van der Waals surface area contributed by atoms with Crippen LogP contribution < -0.4 is 15.8 Å². The molecule has 0 radical (unpaired) electrons. The smallest absolute Gasteiger partial charge is 0.312 e. The Labute approximate surface area is 89.4 Å². The first-order chi connectivity index (χ1) is 7.04. The summed E-state index contributed by atoms with van der Waals surface area (Å²) < 4.78 is 5.24. The number of methoxy groups -OCH3 is 1. The summed E-state index contributed by atoms with van der Waals surface area (Å²) in [6, 6.07) is 3.44. The van der Waals surface area contributed by atoms with Crippen LogP contribution in [0.1, 0.15) is 16.7 Å². The Kier molecular flexibility index (Phi) is 3.55. The Hall–Kier alpha value is -1.71. The van der Waals surface area contributed by atoms with Crippen molar-refractivity contribution < 1.29 is 9.53 Å². The van der Waals surface area contributed by atoms with Crippen molar-refractivity contribution >= 4 is 6.03 Å². The zero-order chi connectivity index (χ0) is 11.4. The van der Waals surface area contributed by atoms with Gasteiger partial charge in [0.2, 0.25) is 0 Å². The maximum atomic E-state index is 10.6. The van der Waals surface area contributed by atoms with Crippen LogP contribution in [0.5, 0.6) is 5.75 Å². The van der Waals surface area contributed by atoms with Gasteiger partial charge in [-0.2, -0.15) is 0 Å². The third-order valence-electron chi connectivity index (χ3n) is 2.19. The number of benzene rings is 1. The van der Waals surface area contributed by atoms with Gasteiger partial charge < -0.3 is 15.8 Å². The summed E-state index contributed by atoms with van der Waals surface area (Å²) in [5.41, 5.74) is 8.12. The monoisotopic (exact) mass is 208 g/mol. The van der Waals surface area contributed by atoms with E-state index in [9.17, 15) is 4.79 Å². The Balaban J connectivity index is 2.88. The zero-order valence-corrected chi connectivity index (χ0v) is 9.26. The molecule has 0 aliphatic heterocycles. The molecule has 4 nitrogen and oxygen atoms in total. The molecule has 0 aliphatic rings. The molecule has 0 unspecified atom stereocenters. The lowest BCUT2D eigenvalue weighted by molar-refractivity contribution is 0.248. The average molecular weight is 208 g/mol. The van der Waals surface area contributed by atoms with E-state index < -0.39 is 6.03 Å². The number of amides is 2. The van der Waals surface area contributed by atoms with Crippen LogP contribution in [0, 0.1) is 13.8 Å². The molecule has 82 valence electrons. The minimum atomic E-state index is -0.513. The van der Waals surface area contributed by atoms with Crippen molar-refractivity contribution in [2.75, 3.05) is 7.11 Å². The Morgan fingerprint density at radius 2 is 1.93 bits per heavy atom. The maximum absolute atomic E-state index is 10.6. The summed E-state index contributed by atoms with van der Waals surface area (Å²) >= 11 is 0. The first kappa shape index (κ1) is 11.4. The van der Waals surface area contributed by atoms with Crippen molar-refractivity contribution in [1.82, 2.24) is 5.32 Å². The molecule has 2 amide bonds. The highest BCUT2D eigenvalue weighted by atomic mass is 16.5. The van der Waals surface area contributed by atoms with Crippen molar-refractivity contribution in [2.24, 2.45) is 5.73 Å². The Bertz CT molecular complexity index is 352. The molecule has 0 fully saturated rings. The zero-order valence-electron chi connectivity index (χ0n) is 9.26. The summed E-state index contributed by atoms with van der Waals surface area (Å²) in [5.74, 6) is 0.887. The molecular weight excluding hydrogens is 192 g/mol. The molecule has 15 heavy (non-hydrogen) atoms. The van der Waals surface area contributed by atoms with Crippen LogP contribution in [-0.2, 0) is 6.54 Å². The summed E-state index contributed by atoms with van der Waals surface area (Å²) in [4.78, 5) is 10.6. The van der Waals surface area contributed by atoms with Crippen LogP contribution in [0.4, 0.5) is 4.79 Å². The lowest BCUT2D eigenvalue weighted by Crippen LogP contribution is -2.28. The maximum Gasteiger partial charge on any atom is 0.312 e. The number of urea groups is 1. The second kappa shape index (κ2) is 4.68. The molecular formula is C11H16N2O2. The molecule has 1 aromatic carbocycles. The van der Waals surface area contributed by atoms with Crippen LogP contribution in [0.2, 0.25) is 0 Å². The molecule has 0 atom stereocenters. The van der Waals surface area contributed by atoms with Gasteiger partial charge in [0.05, 0.1) is 7.11 Å². The number of nitrogens with two attached hydrogens (primary N) is 1. The number of carbonyl (C=O) groups excluding carboxylic acids is 1. The van der Waals surface area contributed by atoms with Gasteiger partial charge in [-0.25, -0.2) is 4.79 Å². The molecule has 1 aromatic rings. The van der Waals surface area contributed by atoms with Crippen LogP contribution in [-0.4, -0.2) is 13.1 Å². The molecule has 0 bridgehead atoms. The van der Waals surface area contributed by atoms with Gasteiger partial charge in [0.1, 0.15) is 5.75 Å². The summed E-state index contributed by atoms with van der Waals surface area (Å²) in [6.45, 7) is 4.39. The molecule has 0 spiro atoms. The van der Waals surface area contributed by atoms with Crippen molar-refractivity contribution in [3.8, 4) is 5.75 Å². The SMILES string of the molecule is COc1c(C)cc(CNC(N)=O)cc1C. The summed E-state index contributed by atoms with van der Waals surface area (Å²) in [7, 11) is 1.65. The largest absolute Gasteiger partial charge is 0.496 e. The standard InChI is InChI=1S/C11H16N2O2/c1-7-4-9(6-13-11(12)14)5-8(2)10(7)15-3/h4-5H,6H2,1-3H3,(H3,12,13,14). The topological polar surface area (TPSA) is 64.3 Å². The van der Waals surface area contributed by atoms with Crippen molar-refractivity contribution in [1.29, 1.82) is 0 Å². The van der Waals surface area contributed by atoms with Gasteiger partial charge >= 0.3 is 6.03 Å². The van der Waals surface area contributed by atoms with Crippen molar-refractivity contribution in [2.45, 2.75) is 20.4 Å². The van der Waals surface area contributed by atoms with Crippen LogP contribution in [0.15, 0.2) is 12.1 Å². The summed E-state index contributed by atoms with van der Waals surface area (Å²) in [5, 5.41) is 2.55. The number of hydrogen-bond donors (Lipinski definition) is 2. The number of aryl methyl sites for hydroxylation is 2. The predicted molar refractivity (Wildman–Crippen MR) is 58.9 cm³/mol. The minimum Gasteiger partial charge on any atom is -0.496 e. The fraction of sp³-hybridized carbons (Fsp3) is 0.364. The second-order valence-electron chi connectivity index (χ2n) is 3.48. The van der Waals surface area contributed by atoms with Gasteiger partial charge in [-0.3, -0.25) is 0 Å². The van der Waals surface area contributed by atoms with Gasteiger partial charge in [0.15, 0.2) is 0 Å². The van der Waals surface area contributed by atoms with E-state index in [-0.39, 0.29) is 0 Å². The van der Waals surface area contributed by atoms with Gasteiger partial charge in [0, 0.05) is 6.54 Å². The number of carbonyl (C=O) groups is 1. The van der Waals surface area contributed by atoms with Gasteiger partial charge in [-0.15, -0.1) is 0 Å². The number of nitrogens with one attached hydrogen (secondary N) is 1. The van der Waals surface area contributed by atoms with E-state index in [1.807, 2.05) is 26.0 Å². The van der Waals surface area contributed by atoms with Gasteiger partial charge in [-0.05, 0) is 30.5 Å². The van der Waals surface area contributed by atoms with E-state index in [0.717, 1.165) is 22.4 Å². The van der Waals surface area contributed by atoms with Crippen LogP contribution in [0.25, 0.3) is 0 Å². The minimum absolute atomic E-state index is 0.445. The summed E-state index contributed by atoms with van der Waals surface area (Å²) in [6.07, 6.45) is 0. The number of hydrogen-bond acceptors (Lipinski definition) is 2. The molecule has 3 N–H and O–H groups in total. The molecule has 1 rings (SSSR count). The third kappa shape index (κ3) is 2.87. The second-order valence-corrected chi connectivity index (χ2v) is 3.48. The lowest BCUT2D eigenvalue weighted by Gasteiger charge is -2.11. The van der Waals surface area contributed by atoms with Gasteiger partial charge in [0.25, 0.3) is 0 Å². The number of ether oxygens (including phenoxy) is 1. The Morgan fingerprint density at radius 1 is 1.40 bits per heavy atom. The molecule has 4 heteroatoms. The van der Waals surface area contributed by atoms with Crippen LogP contribution >= 0.6 is 0 Å². The van der Waals surface area contributed by atoms with Gasteiger partial charge in [-0.1, -0.05) is 12.1 Å². The highest BCUT2D eigenvalue weighted by Gasteiger charge is 2.05. The number of primary amides is 1. The molecule has 0 saturated heterocycles. The first-order valence-corrected chi connectivity index (χ1v) is 4.72. The van der Waals surface area contributed by atoms with E-state index in [0.29, 0.717) is 6.54 Å². The van der Waals surface area contributed by atoms with Crippen molar-refractivity contribution in [3.05, 3.63) is 28.8 Å². The van der Waals surface area contributed by atoms with Crippen LogP contribution in [0.3, 0.4) is 0 Å².